The fraction of sp³-hybridized carbons (Fsp3) is 0.238. The molecule has 1 unspecified atom stereocenters. The first-order valence-corrected chi connectivity index (χ1v) is 10.2. The van der Waals surface area contributed by atoms with Crippen LogP contribution in [-0.4, -0.2) is 24.2 Å². The topological polar surface area (TPSA) is 67.4 Å². The van der Waals surface area contributed by atoms with Crippen LogP contribution < -0.4 is 10.6 Å². The molecule has 0 fully saturated rings. The van der Waals surface area contributed by atoms with Crippen LogP contribution in [0.4, 0.5) is 5.69 Å². The van der Waals surface area contributed by atoms with E-state index in [1.807, 2.05) is 37.3 Å². The number of carbonyl (C=O) groups is 2. The van der Waals surface area contributed by atoms with Crippen molar-refractivity contribution in [3.63, 3.8) is 0 Å². The Hall–Kier alpha value is -2.44. The number of halogens is 1. The van der Waals surface area contributed by atoms with E-state index in [0.717, 1.165) is 11.3 Å². The molecule has 0 aromatic heterocycles. The molecule has 7 heteroatoms. The fourth-order valence-corrected chi connectivity index (χ4v) is 3.88. The van der Waals surface area contributed by atoms with E-state index >= 15 is 0 Å². The van der Waals surface area contributed by atoms with Crippen molar-refractivity contribution in [3.8, 4) is 0 Å². The van der Waals surface area contributed by atoms with Gasteiger partial charge in [0, 0.05) is 11.4 Å². The van der Waals surface area contributed by atoms with Gasteiger partial charge in [-0.2, -0.15) is 0 Å². The summed E-state index contributed by atoms with van der Waals surface area (Å²) in [7, 11) is 0. The van der Waals surface area contributed by atoms with Gasteiger partial charge in [0.1, 0.15) is 10.7 Å². The SMILES string of the molecule is CC1=C(C(=O)Nc2ccc(C(=O)NC(C)c3ccccc3)c(Cl)c2)SCCO1. The monoisotopic (exact) mass is 416 g/mol. The number of thioether (sulfide) groups is 1. The molecule has 1 atom stereocenters. The number of rotatable bonds is 5. The number of allylic oxidation sites excluding steroid dienone is 1. The summed E-state index contributed by atoms with van der Waals surface area (Å²) in [4.78, 5) is 25.5. The molecule has 2 aromatic carbocycles. The van der Waals surface area contributed by atoms with Gasteiger partial charge >= 0.3 is 0 Å². The molecular weight excluding hydrogens is 396 g/mol. The Morgan fingerprint density at radius 1 is 1.14 bits per heavy atom. The second kappa shape index (κ2) is 9.17. The number of hydrogen-bond acceptors (Lipinski definition) is 4. The van der Waals surface area contributed by atoms with Gasteiger partial charge in [-0.15, -0.1) is 11.8 Å². The van der Waals surface area contributed by atoms with Crippen LogP contribution in [-0.2, 0) is 9.53 Å². The largest absolute Gasteiger partial charge is 0.496 e. The highest BCUT2D eigenvalue weighted by Crippen LogP contribution is 2.28. The van der Waals surface area contributed by atoms with E-state index in [2.05, 4.69) is 10.6 Å². The van der Waals surface area contributed by atoms with Crippen molar-refractivity contribution in [2.45, 2.75) is 19.9 Å². The molecular formula is C21H21ClN2O3S. The maximum atomic E-state index is 12.6. The number of nitrogens with one attached hydrogen (secondary N) is 2. The molecule has 146 valence electrons. The Labute approximate surface area is 173 Å². The van der Waals surface area contributed by atoms with Crippen molar-refractivity contribution >= 4 is 40.9 Å². The van der Waals surface area contributed by atoms with E-state index in [1.165, 1.54) is 11.8 Å². The van der Waals surface area contributed by atoms with E-state index in [-0.39, 0.29) is 22.9 Å². The lowest BCUT2D eigenvalue weighted by Crippen LogP contribution is -2.27. The van der Waals surface area contributed by atoms with Gasteiger partial charge in [0.05, 0.1) is 23.2 Å². The van der Waals surface area contributed by atoms with Crippen LogP contribution in [0.15, 0.2) is 59.2 Å². The van der Waals surface area contributed by atoms with Crippen molar-refractivity contribution in [2.24, 2.45) is 0 Å². The number of amides is 2. The number of ether oxygens (including phenoxy) is 1. The molecule has 0 aliphatic carbocycles. The molecule has 2 N–H and O–H groups in total. The molecule has 0 radical (unpaired) electrons. The molecule has 3 rings (SSSR count). The zero-order chi connectivity index (χ0) is 20.1. The van der Waals surface area contributed by atoms with Crippen LogP contribution in [0.25, 0.3) is 0 Å². The van der Waals surface area contributed by atoms with Crippen LogP contribution in [0, 0.1) is 0 Å². The summed E-state index contributed by atoms with van der Waals surface area (Å²) >= 11 is 7.76. The van der Waals surface area contributed by atoms with Gasteiger partial charge in [0.2, 0.25) is 0 Å². The summed E-state index contributed by atoms with van der Waals surface area (Å²) in [5, 5.41) is 6.01. The Morgan fingerprint density at radius 2 is 1.89 bits per heavy atom. The summed E-state index contributed by atoms with van der Waals surface area (Å²) in [6.45, 7) is 4.29. The van der Waals surface area contributed by atoms with Crippen LogP contribution in [0.5, 0.6) is 0 Å². The third kappa shape index (κ3) is 4.88. The molecule has 0 spiro atoms. The number of carbonyl (C=O) groups excluding carboxylic acids is 2. The zero-order valence-electron chi connectivity index (χ0n) is 15.6. The molecule has 5 nitrogen and oxygen atoms in total. The summed E-state index contributed by atoms with van der Waals surface area (Å²) in [6, 6.07) is 14.4. The quantitative estimate of drug-likeness (QED) is 0.737. The van der Waals surface area contributed by atoms with Crippen molar-refractivity contribution in [2.75, 3.05) is 17.7 Å². The van der Waals surface area contributed by atoms with E-state index in [4.69, 9.17) is 16.3 Å². The van der Waals surface area contributed by atoms with Gasteiger partial charge in [-0.3, -0.25) is 9.59 Å². The second-order valence-electron chi connectivity index (χ2n) is 6.34. The molecule has 1 heterocycles. The first kappa shape index (κ1) is 20.3. The molecule has 0 bridgehead atoms. The smallest absolute Gasteiger partial charge is 0.265 e. The normalized spacial score (nSPS) is 14.8. The molecule has 1 aliphatic rings. The Morgan fingerprint density at radius 3 is 2.57 bits per heavy atom. The van der Waals surface area contributed by atoms with Gasteiger partial charge in [-0.25, -0.2) is 0 Å². The lowest BCUT2D eigenvalue weighted by Gasteiger charge is -2.18. The molecule has 0 saturated heterocycles. The van der Waals surface area contributed by atoms with E-state index in [0.29, 0.717) is 28.5 Å². The van der Waals surface area contributed by atoms with Crippen molar-refractivity contribution in [1.82, 2.24) is 5.32 Å². The Bertz CT molecular complexity index is 915. The average molecular weight is 417 g/mol. The second-order valence-corrected chi connectivity index (χ2v) is 7.85. The molecule has 2 amide bonds. The van der Waals surface area contributed by atoms with Crippen LogP contribution >= 0.6 is 23.4 Å². The molecule has 0 saturated carbocycles. The van der Waals surface area contributed by atoms with Crippen LogP contribution in [0.2, 0.25) is 5.02 Å². The highest BCUT2D eigenvalue weighted by Gasteiger charge is 2.20. The summed E-state index contributed by atoms with van der Waals surface area (Å²) in [5.41, 5.74) is 1.88. The van der Waals surface area contributed by atoms with E-state index in [1.54, 1.807) is 25.1 Å². The van der Waals surface area contributed by atoms with Gasteiger partial charge in [0.25, 0.3) is 11.8 Å². The minimum absolute atomic E-state index is 0.151. The van der Waals surface area contributed by atoms with Crippen LogP contribution in [0.3, 0.4) is 0 Å². The van der Waals surface area contributed by atoms with Crippen molar-refractivity contribution < 1.29 is 14.3 Å². The third-order valence-corrected chi connectivity index (χ3v) is 5.74. The Balaban J connectivity index is 1.68. The van der Waals surface area contributed by atoms with Gasteiger partial charge in [-0.05, 0) is 37.6 Å². The number of benzene rings is 2. The van der Waals surface area contributed by atoms with E-state index < -0.39 is 0 Å². The van der Waals surface area contributed by atoms with Gasteiger partial charge in [0.15, 0.2) is 0 Å². The molecule has 2 aromatic rings. The minimum Gasteiger partial charge on any atom is -0.496 e. The number of hydrogen-bond donors (Lipinski definition) is 2. The fourth-order valence-electron chi connectivity index (χ4n) is 2.80. The highest BCUT2D eigenvalue weighted by atomic mass is 35.5. The first-order chi connectivity index (χ1) is 13.5. The lowest BCUT2D eigenvalue weighted by atomic mass is 10.1. The maximum Gasteiger partial charge on any atom is 0.265 e. The lowest BCUT2D eigenvalue weighted by molar-refractivity contribution is -0.112. The van der Waals surface area contributed by atoms with Gasteiger partial charge in [-0.1, -0.05) is 41.9 Å². The minimum atomic E-state index is -0.269. The average Bonchev–Trinajstić information content (AvgIpc) is 2.69. The third-order valence-electron chi connectivity index (χ3n) is 4.29. The van der Waals surface area contributed by atoms with Crippen molar-refractivity contribution in [1.29, 1.82) is 0 Å². The molecule has 1 aliphatic heterocycles. The molecule has 28 heavy (non-hydrogen) atoms. The standard InChI is InChI=1S/C21H21ClN2O3S/c1-13(15-6-4-3-5-7-15)23-20(25)17-9-8-16(12-18(17)22)24-21(26)19-14(2)27-10-11-28-19/h3-9,12-13H,10-11H2,1-2H3,(H,23,25)(H,24,26). The maximum absolute atomic E-state index is 12.6. The number of anilines is 1. The Kier molecular flexibility index (Phi) is 6.65. The van der Waals surface area contributed by atoms with Gasteiger partial charge < -0.3 is 15.4 Å². The zero-order valence-corrected chi connectivity index (χ0v) is 17.2. The summed E-state index contributed by atoms with van der Waals surface area (Å²) in [5.74, 6) is 0.840. The van der Waals surface area contributed by atoms with Crippen LogP contribution in [0.1, 0.15) is 35.8 Å². The van der Waals surface area contributed by atoms with Crippen molar-refractivity contribution in [3.05, 3.63) is 75.3 Å². The first-order valence-electron chi connectivity index (χ1n) is 8.89. The predicted octanol–water partition coefficient (Wildman–Crippen LogP) is 4.76. The van der Waals surface area contributed by atoms with E-state index in [9.17, 15) is 9.59 Å². The summed E-state index contributed by atoms with van der Waals surface area (Å²) < 4.78 is 5.42. The summed E-state index contributed by atoms with van der Waals surface area (Å²) in [6.07, 6.45) is 0. The predicted molar refractivity (Wildman–Crippen MR) is 114 cm³/mol. The highest BCUT2D eigenvalue weighted by molar-refractivity contribution is 8.04.